The highest BCUT2D eigenvalue weighted by Crippen LogP contribution is 2.43. The van der Waals surface area contributed by atoms with E-state index in [1.165, 1.54) is 16.2 Å². The van der Waals surface area contributed by atoms with Crippen molar-refractivity contribution in [1.29, 1.82) is 0 Å². The van der Waals surface area contributed by atoms with Gasteiger partial charge in [0.2, 0.25) is 0 Å². The molecule has 6 heteroatoms. The zero-order valence-corrected chi connectivity index (χ0v) is 17.2. The van der Waals surface area contributed by atoms with E-state index < -0.39 is 17.7 Å². The van der Waals surface area contributed by atoms with Gasteiger partial charge in [-0.1, -0.05) is 47.5 Å². The molecule has 0 radical (unpaired) electrons. The van der Waals surface area contributed by atoms with Crippen molar-refractivity contribution in [3.8, 4) is 0 Å². The summed E-state index contributed by atoms with van der Waals surface area (Å²) in [5.74, 6) is -1.55. The number of aromatic nitrogens is 1. The molecule has 1 aromatic heterocycles. The molecule has 1 saturated heterocycles. The summed E-state index contributed by atoms with van der Waals surface area (Å²) in [5.41, 5.74) is 4.24. The molecule has 4 rings (SSSR count). The van der Waals surface area contributed by atoms with Crippen LogP contribution < -0.4 is 4.90 Å². The van der Waals surface area contributed by atoms with E-state index in [9.17, 15) is 14.7 Å². The zero-order chi connectivity index (χ0) is 20.7. The average Bonchev–Trinajstić information content (AvgIpc) is 3.31. The second-order valence-corrected chi connectivity index (χ2v) is 8.09. The Morgan fingerprint density at radius 2 is 1.72 bits per heavy atom. The van der Waals surface area contributed by atoms with Crippen molar-refractivity contribution < 1.29 is 14.7 Å². The highest BCUT2D eigenvalue weighted by Gasteiger charge is 2.48. The first-order valence-electron chi connectivity index (χ1n) is 9.23. The van der Waals surface area contributed by atoms with Crippen LogP contribution in [-0.2, 0) is 9.59 Å². The number of thiazole rings is 1. The summed E-state index contributed by atoms with van der Waals surface area (Å²) >= 11 is 1.28. The maximum absolute atomic E-state index is 13.0. The number of ketones is 1. The van der Waals surface area contributed by atoms with Crippen LogP contribution in [-0.4, -0.2) is 21.8 Å². The summed E-state index contributed by atoms with van der Waals surface area (Å²) in [7, 11) is 0. The SMILES string of the molecule is Cc1ccc(C2/C(=C(\O)c3cc(C)ccc3C)C(=O)C(=O)N2c2nccs2)cc1. The van der Waals surface area contributed by atoms with E-state index in [1.54, 1.807) is 11.6 Å². The Bertz CT molecular complexity index is 1130. The van der Waals surface area contributed by atoms with Gasteiger partial charge < -0.3 is 5.11 Å². The molecule has 1 amide bonds. The third-order valence-electron chi connectivity index (χ3n) is 5.11. The lowest BCUT2D eigenvalue weighted by Crippen LogP contribution is -2.29. The van der Waals surface area contributed by atoms with Gasteiger partial charge in [-0.05, 0) is 38.0 Å². The fraction of sp³-hybridized carbons (Fsp3) is 0.174. The quantitative estimate of drug-likeness (QED) is 0.390. The van der Waals surface area contributed by atoms with Crippen molar-refractivity contribution in [2.75, 3.05) is 4.90 Å². The van der Waals surface area contributed by atoms with Crippen LogP contribution in [0.2, 0.25) is 0 Å². The molecule has 1 atom stereocenters. The number of carbonyl (C=O) groups is 2. The van der Waals surface area contributed by atoms with Crippen LogP contribution in [0.25, 0.3) is 5.76 Å². The van der Waals surface area contributed by atoms with Crippen LogP contribution in [0.4, 0.5) is 5.13 Å². The Kier molecular flexibility index (Phi) is 4.80. The standard InChI is InChI=1S/C23H20N2O3S/c1-13-5-8-16(9-6-13)19-18(20(26)17-12-14(2)4-7-15(17)3)21(27)22(28)25(19)23-24-10-11-29-23/h4-12,19,26H,1-3H3/b20-18+. The number of hydrogen-bond acceptors (Lipinski definition) is 5. The van der Waals surface area contributed by atoms with E-state index in [4.69, 9.17) is 0 Å². The number of aliphatic hydroxyl groups excluding tert-OH is 1. The molecule has 146 valence electrons. The first-order valence-corrected chi connectivity index (χ1v) is 10.1. The first-order chi connectivity index (χ1) is 13.9. The number of nitrogens with zero attached hydrogens (tertiary/aromatic N) is 2. The summed E-state index contributed by atoms with van der Waals surface area (Å²) in [6.45, 7) is 5.76. The van der Waals surface area contributed by atoms with Crippen LogP contribution >= 0.6 is 11.3 Å². The van der Waals surface area contributed by atoms with E-state index >= 15 is 0 Å². The van der Waals surface area contributed by atoms with Gasteiger partial charge in [0, 0.05) is 17.1 Å². The van der Waals surface area contributed by atoms with Gasteiger partial charge in [-0.2, -0.15) is 0 Å². The molecule has 2 heterocycles. The van der Waals surface area contributed by atoms with Gasteiger partial charge >= 0.3 is 5.91 Å². The molecule has 1 aliphatic rings. The number of Topliss-reactive ketones (excluding diaryl/α,β-unsaturated/α-hetero) is 1. The number of aryl methyl sites for hydroxylation is 3. The van der Waals surface area contributed by atoms with E-state index in [2.05, 4.69) is 4.98 Å². The third kappa shape index (κ3) is 3.25. The Balaban J connectivity index is 1.97. The van der Waals surface area contributed by atoms with Crippen molar-refractivity contribution in [3.63, 3.8) is 0 Å². The second kappa shape index (κ2) is 7.29. The molecular formula is C23H20N2O3S. The molecule has 0 spiro atoms. The topological polar surface area (TPSA) is 70.5 Å². The minimum Gasteiger partial charge on any atom is -0.507 e. The van der Waals surface area contributed by atoms with Crippen LogP contribution in [0.3, 0.4) is 0 Å². The van der Waals surface area contributed by atoms with E-state index in [1.807, 2.05) is 63.2 Å². The van der Waals surface area contributed by atoms with Gasteiger partial charge in [-0.3, -0.25) is 14.5 Å². The van der Waals surface area contributed by atoms with Gasteiger partial charge in [0.15, 0.2) is 5.13 Å². The van der Waals surface area contributed by atoms with Crippen molar-refractivity contribution in [2.24, 2.45) is 0 Å². The molecule has 29 heavy (non-hydrogen) atoms. The van der Waals surface area contributed by atoms with Gasteiger partial charge in [-0.25, -0.2) is 4.98 Å². The molecular weight excluding hydrogens is 384 g/mol. The molecule has 1 aliphatic heterocycles. The van der Waals surface area contributed by atoms with Crippen LogP contribution in [0.1, 0.15) is 33.9 Å². The molecule has 1 fully saturated rings. The van der Waals surface area contributed by atoms with Gasteiger partial charge in [0.1, 0.15) is 5.76 Å². The Labute approximate surface area is 173 Å². The third-order valence-corrected chi connectivity index (χ3v) is 5.88. The first kappa shape index (κ1) is 19.1. The fourth-order valence-electron chi connectivity index (χ4n) is 3.56. The van der Waals surface area contributed by atoms with Crippen molar-refractivity contribution in [1.82, 2.24) is 4.98 Å². The second-order valence-electron chi connectivity index (χ2n) is 7.21. The summed E-state index contributed by atoms with van der Waals surface area (Å²) in [6, 6.07) is 12.5. The Morgan fingerprint density at radius 1 is 1.03 bits per heavy atom. The van der Waals surface area contributed by atoms with Crippen molar-refractivity contribution >= 4 is 33.9 Å². The minimum atomic E-state index is -0.735. The normalized spacial score (nSPS) is 18.4. The lowest BCUT2D eigenvalue weighted by molar-refractivity contribution is -0.132. The summed E-state index contributed by atoms with van der Waals surface area (Å²) < 4.78 is 0. The summed E-state index contributed by atoms with van der Waals surface area (Å²) in [6.07, 6.45) is 1.59. The lowest BCUT2D eigenvalue weighted by Gasteiger charge is -2.23. The largest absolute Gasteiger partial charge is 0.507 e. The fourth-order valence-corrected chi connectivity index (χ4v) is 4.23. The lowest BCUT2D eigenvalue weighted by atomic mass is 9.93. The van der Waals surface area contributed by atoms with E-state index in [0.717, 1.165) is 22.3 Å². The number of benzene rings is 2. The monoisotopic (exact) mass is 404 g/mol. The maximum atomic E-state index is 13.0. The van der Waals surface area contributed by atoms with Crippen LogP contribution in [0.5, 0.6) is 0 Å². The van der Waals surface area contributed by atoms with Crippen molar-refractivity contribution in [2.45, 2.75) is 26.8 Å². The molecule has 0 bridgehead atoms. The molecule has 0 saturated carbocycles. The number of carbonyl (C=O) groups excluding carboxylic acids is 2. The van der Waals surface area contributed by atoms with Crippen LogP contribution in [0, 0.1) is 20.8 Å². The average molecular weight is 404 g/mol. The predicted octanol–water partition coefficient (Wildman–Crippen LogP) is 4.69. The molecule has 0 aliphatic carbocycles. The number of rotatable bonds is 3. The molecule has 3 aromatic rings. The number of aliphatic hydroxyl groups is 1. The van der Waals surface area contributed by atoms with E-state index in [-0.39, 0.29) is 11.3 Å². The number of hydrogen-bond donors (Lipinski definition) is 1. The summed E-state index contributed by atoms with van der Waals surface area (Å²) in [5, 5.41) is 13.4. The molecule has 1 N–H and O–H groups in total. The van der Waals surface area contributed by atoms with E-state index in [0.29, 0.717) is 10.7 Å². The Hall–Kier alpha value is -3.25. The highest BCUT2D eigenvalue weighted by molar-refractivity contribution is 7.14. The zero-order valence-electron chi connectivity index (χ0n) is 16.3. The predicted molar refractivity (Wildman–Crippen MR) is 114 cm³/mol. The van der Waals surface area contributed by atoms with Crippen molar-refractivity contribution in [3.05, 3.63) is 87.4 Å². The highest BCUT2D eigenvalue weighted by atomic mass is 32.1. The minimum absolute atomic E-state index is 0.0859. The number of anilines is 1. The summed E-state index contributed by atoms with van der Waals surface area (Å²) in [4.78, 5) is 31.6. The van der Waals surface area contributed by atoms with Gasteiger partial charge in [-0.15, -0.1) is 11.3 Å². The molecule has 1 unspecified atom stereocenters. The smallest absolute Gasteiger partial charge is 0.301 e. The number of amides is 1. The van der Waals surface area contributed by atoms with Crippen LogP contribution in [0.15, 0.2) is 59.6 Å². The van der Waals surface area contributed by atoms with Gasteiger partial charge in [0.25, 0.3) is 5.78 Å². The Morgan fingerprint density at radius 3 is 2.38 bits per heavy atom. The molecule has 2 aromatic carbocycles. The maximum Gasteiger partial charge on any atom is 0.301 e. The van der Waals surface area contributed by atoms with Gasteiger partial charge in [0.05, 0.1) is 11.6 Å². The molecule has 5 nitrogen and oxygen atoms in total.